The number of hydrogen-bond acceptors (Lipinski definition) is 6. The molecule has 1 unspecified atom stereocenters. The molecule has 0 aliphatic carbocycles. The van der Waals surface area contributed by atoms with Gasteiger partial charge in [-0.3, -0.25) is 4.90 Å². The van der Waals surface area contributed by atoms with Gasteiger partial charge in [0.25, 0.3) is 5.19 Å². The van der Waals surface area contributed by atoms with Gasteiger partial charge in [-0.25, -0.2) is 4.98 Å². The van der Waals surface area contributed by atoms with Crippen molar-refractivity contribution in [3.05, 3.63) is 48.2 Å². The lowest BCUT2D eigenvalue weighted by Crippen LogP contribution is -2.31. The molecule has 5 nitrogen and oxygen atoms in total. The molecule has 1 saturated heterocycles. The maximum Gasteiger partial charge on any atom is 0.281 e. The van der Waals surface area contributed by atoms with Crippen molar-refractivity contribution in [1.82, 2.24) is 14.9 Å². The minimum Gasteiger partial charge on any atom is -0.431 e. The quantitative estimate of drug-likeness (QED) is 0.770. The second-order valence-electron chi connectivity index (χ2n) is 6.00. The molecule has 2 aromatic heterocycles. The van der Waals surface area contributed by atoms with Crippen LogP contribution in [-0.4, -0.2) is 39.2 Å². The molecule has 1 aliphatic rings. The fourth-order valence-corrected chi connectivity index (χ4v) is 3.90. The highest BCUT2D eigenvalue weighted by molar-refractivity contribution is 7.20. The molecular weight excluding hydrogens is 322 g/mol. The molecule has 0 bridgehead atoms. The average Bonchev–Trinajstić information content (AvgIpc) is 3.22. The Morgan fingerprint density at radius 3 is 2.92 bits per heavy atom. The second-order valence-corrected chi connectivity index (χ2v) is 6.99. The van der Waals surface area contributed by atoms with Gasteiger partial charge in [-0.05, 0) is 49.2 Å². The molecule has 124 valence electrons. The van der Waals surface area contributed by atoms with Crippen molar-refractivity contribution in [1.29, 1.82) is 0 Å². The molecule has 1 fully saturated rings. The summed E-state index contributed by atoms with van der Waals surface area (Å²) < 4.78 is 6.87. The van der Waals surface area contributed by atoms with Crippen molar-refractivity contribution >= 4 is 21.7 Å². The lowest BCUT2D eigenvalue weighted by Gasteiger charge is -2.22. The van der Waals surface area contributed by atoms with Gasteiger partial charge in [-0.15, -0.1) is 0 Å². The number of rotatable bonds is 5. The zero-order valence-corrected chi connectivity index (χ0v) is 14.1. The molecule has 4 rings (SSSR count). The number of thiazole rings is 1. The normalized spacial score (nSPS) is 18.3. The molecule has 0 spiro atoms. The molecule has 1 atom stereocenters. The number of pyridine rings is 1. The van der Waals surface area contributed by atoms with E-state index in [0.717, 1.165) is 42.0 Å². The lowest BCUT2D eigenvalue weighted by molar-refractivity contribution is 0.153. The molecular formula is C18H19N3O2S. The number of nitrogens with zero attached hydrogens (tertiary/aromatic N) is 3. The Balaban J connectivity index is 1.43. The summed E-state index contributed by atoms with van der Waals surface area (Å²) in [6, 6.07) is 12.3. The predicted octanol–water partition coefficient (Wildman–Crippen LogP) is 3.44. The SMILES string of the molecule is OCC1CCCN1Cc1ccc(Oc2nc3ncccc3s2)cc1. The Hall–Kier alpha value is -2.02. The first-order valence-corrected chi connectivity index (χ1v) is 8.97. The van der Waals surface area contributed by atoms with Crippen LogP contribution in [0, 0.1) is 0 Å². The first-order valence-electron chi connectivity index (χ1n) is 8.15. The van der Waals surface area contributed by atoms with E-state index in [1.807, 2.05) is 24.3 Å². The van der Waals surface area contributed by atoms with Gasteiger partial charge in [0.1, 0.15) is 5.75 Å². The monoisotopic (exact) mass is 341 g/mol. The Kier molecular flexibility index (Phi) is 4.42. The summed E-state index contributed by atoms with van der Waals surface area (Å²) in [5.41, 5.74) is 1.95. The summed E-state index contributed by atoms with van der Waals surface area (Å²) in [5, 5.41) is 10.0. The number of aromatic nitrogens is 2. The summed E-state index contributed by atoms with van der Waals surface area (Å²) in [7, 11) is 0. The maximum absolute atomic E-state index is 9.41. The van der Waals surface area contributed by atoms with Crippen molar-refractivity contribution in [3.8, 4) is 10.9 Å². The average molecular weight is 341 g/mol. The van der Waals surface area contributed by atoms with E-state index in [0.29, 0.717) is 11.2 Å². The number of benzene rings is 1. The van der Waals surface area contributed by atoms with E-state index in [9.17, 15) is 5.11 Å². The Labute approximate surface area is 144 Å². The molecule has 6 heteroatoms. The van der Waals surface area contributed by atoms with Crippen LogP contribution in [0.5, 0.6) is 10.9 Å². The van der Waals surface area contributed by atoms with Gasteiger partial charge in [0.15, 0.2) is 5.65 Å². The highest BCUT2D eigenvalue weighted by Gasteiger charge is 2.23. The van der Waals surface area contributed by atoms with Gasteiger partial charge in [0.2, 0.25) is 0 Å². The van der Waals surface area contributed by atoms with E-state index in [1.165, 1.54) is 16.9 Å². The highest BCUT2D eigenvalue weighted by atomic mass is 32.1. The van der Waals surface area contributed by atoms with E-state index in [4.69, 9.17) is 4.74 Å². The zero-order valence-electron chi connectivity index (χ0n) is 13.3. The molecule has 3 heterocycles. The smallest absolute Gasteiger partial charge is 0.281 e. The van der Waals surface area contributed by atoms with Gasteiger partial charge < -0.3 is 9.84 Å². The van der Waals surface area contributed by atoms with Crippen LogP contribution < -0.4 is 4.74 Å². The third-order valence-corrected chi connectivity index (χ3v) is 5.26. The van der Waals surface area contributed by atoms with Crippen molar-refractivity contribution in [3.63, 3.8) is 0 Å². The van der Waals surface area contributed by atoms with Gasteiger partial charge in [-0.2, -0.15) is 4.98 Å². The highest BCUT2D eigenvalue weighted by Crippen LogP contribution is 2.30. The van der Waals surface area contributed by atoms with Crippen LogP contribution in [0.25, 0.3) is 10.3 Å². The maximum atomic E-state index is 9.41. The summed E-state index contributed by atoms with van der Waals surface area (Å²) in [6.45, 7) is 2.17. The summed E-state index contributed by atoms with van der Waals surface area (Å²) >= 11 is 1.49. The van der Waals surface area contributed by atoms with Crippen LogP contribution in [0.4, 0.5) is 0 Å². The molecule has 1 N–H and O–H groups in total. The molecule has 3 aromatic rings. The predicted molar refractivity (Wildman–Crippen MR) is 94.4 cm³/mol. The number of likely N-dealkylation sites (tertiary alicyclic amines) is 1. The van der Waals surface area contributed by atoms with E-state index >= 15 is 0 Å². The van der Waals surface area contributed by atoms with E-state index in [1.54, 1.807) is 6.20 Å². The van der Waals surface area contributed by atoms with E-state index in [2.05, 4.69) is 27.0 Å². The number of ether oxygens (including phenoxy) is 1. The molecule has 0 amide bonds. The molecule has 0 saturated carbocycles. The second kappa shape index (κ2) is 6.84. The largest absolute Gasteiger partial charge is 0.431 e. The summed E-state index contributed by atoms with van der Waals surface area (Å²) in [6.07, 6.45) is 3.99. The van der Waals surface area contributed by atoms with Crippen LogP contribution in [0.1, 0.15) is 18.4 Å². The fraction of sp³-hybridized carbons (Fsp3) is 0.333. The lowest BCUT2D eigenvalue weighted by atomic mass is 10.2. The number of aliphatic hydroxyl groups is 1. The molecule has 0 radical (unpaired) electrons. The first-order chi connectivity index (χ1) is 11.8. The summed E-state index contributed by atoms with van der Waals surface area (Å²) in [4.78, 5) is 10.9. The van der Waals surface area contributed by atoms with Gasteiger partial charge >= 0.3 is 0 Å². The summed E-state index contributed by atoms with van der Waals surface area (Å²) in [5.74, 6) is 0.776. The topological polar surface area (TPSA) is 58.5 Å². The number of fused-ring (bicyclic) bond motifs is 1. The Morgan fingerprint density at radius 1 is 1.25 bits per heavy atom. The molecule has 24 heavy (non-hydrogen) atoms. The number of aliphatic hydroxyl groups excluding tert-OH is 1. The third-order valence-electron chi connectivity index (χ3n) is 4.37. The van der Waals surface area contributed by atoms with Crippen LogP contribution in [0.2, 0.25) is 0 Å². The number of hydrogen-bond donors (Lipinski definition) is 1. The van der Waals surface area contributed by atoms with Crippen molar-refractivity contribution in [2.24, 2.45) is 0 Å². The molecule has 1 aliphatic heterocycles. The van der Waals surface area contributed by atoms with Gasteiger partial charge in [-0.1, -0.05) is 23.5 Å². The van der Waals surface area contributed by atoms with Crippen molar-refractivity contribution in [2.45, 2.75) is 25.4 Å². The van der Waals surface area contributed by atoms with E-state index in [-0.39, 0.29) is 6.61 Å². The minimum absolute atomic E-state index is 0.243. The van der Waals surface area contributed by atoms with Crippen LogP contribution in [0.3, 0.4) is 0 Å². The van der Waals surface area contributed by atoms with Crippen molar-refractivity contribution in [2.75, 3.05) is 13.2 Å². The van der Waals surface area contributed by atoms with Crippen LogP contribution in [0.15, 0.2) is 42.6 Å². The van der Waals surface area contributed by atoms with Gasteiger partial charge in [0, 0.05) is 18.8 Å². The van der Waals surface area contributed by atoms with E-state index < -0.39 is 0 Å². The van der Waals surface area contributed by atoms with Crippen LogP contribution >= 0.6 is 11.3 Å². The zero-order chi connectivity index (χ0) is 16.4. The minimum atomic E-state index is 0.243. The van der Waals surface area contributed by atoms with Crippen LogP contribution in [-0.2, 0) is 6.54 Å². The standard InChI is InChI=1S/C18H19N3O2S/c22-12-14-3-2-10-21(14)11-13-5-7-15(8-6-13)23-18-20-17-16(24-18)4-1-9-19-17/h1,4-9,14,22H,2-3,10-12H2. The Morgan fingerprint density at radius 2 is 2.12 bits per heavy atom. The fourth-order valence-electron chi connectivity index (χ4n) is 3.10. The van der Waals surface area contributed by atoms with Crippen molar-refractivity contribution < 1.29 is 9.84 Å². The third kappa shape index (κ3) is 3.26. The first kappa shape index (κ1) is 15.5. The molecule has 1 aromatic carbocycles. The van der Waals surface area contributed by atoms with Gasteiger partial charge in [0.05, 0.1) is 11.3 Å². The Bertz CT molecular complexity index is 786.